The molecule has 0 aliphatic heterocycles. The molecule has 0 spiro atoms. The predicted octanol–water partition coefficient (Wildman–Crippen LogP) is 4.96. The number of phenolic OH excluding ortho intramolecular Hbond substituents is 1. The van der Waals surface area contributed by atoms with Gasteiger partial charge in [-0.15, -0.1) is 0 Å². The Morgan fingerprint density at radius 1 is 0.920 bits per heavy atom. The van der Waals surface area contributed by atoms with Crippen LogP contribution >= 0.6 is 0 Å². The lowest BCUT2D eigenvalue weighted by Crippen LogP contribution is -2.02. The van der Waals surface area contributed by atoms with Crippen molar-refractivity contribution in [2.75, 3.05) is 0 Å². The van der Waals surface area contributed by atoms with Crippen molar-refractivity contribution in [1.82, 2.24) is 0 Å². The summed E-state index contributed by atoms with van der Waals surface area (Å²) in [5.41, 5.74) is 2.66. The minimum Gasteiger partial charge on any atom is -0.508 e. The van der Waals surface area contributed by atoms with Crippen LogP contribution in [0.25, 0.3) is 22.3 Å². The third kappa shape index (κ3) is 3.75. The Hall–Kier alpha value is -3.40. The molecule has 0 bridgehead atoms. The van der Waals surface area contributed by atoms with E-state index in [2.05, 4.69) is 6.58 Å². The van der Waals surface area contributed by atoms with Crippen molar-refractivity contribution < 1.29 is 19.0 Å². The summed E-state index contributed by atoms with van der Waals surface area (Å²) in [6.45, 7) is 3.33. The van der Waals surface area contributed by atoms with Crippen LogP contribution in [0.3, 0.4) is 0 Å². The van der Waals surface area contributed by atoms with Crippen LogP contribution in [0, 0.1) is 5.82 Å². The van der Waals surface area contributed by atoms with Gasteiger partial charge in [0.25, 0.3) is 0 Å². The number of esters is 1. The third-order valence-electron chi connectivity index (χ3n) is 3.72. The van der Waals surface area contributed by atoms with Crippen molar-refractivity contribution >= 4 is 5.97 Å². The number of hydrogen-bond acceptors (Lipinski definition) is 3. The molecule has 1 N–H and O–H groups in total. The molecule has 3 rings (SSSR count). The number of hydrogen-bond donors (Lipinski definition) is 1. The molecule has 0 radical (unpaired) electrons. The number of rotatable bonds is 4. The molecule has 0 unspecified atom stereocenters. The zero-order valence-electron chi connectivity index (χ0n) is 13.3. The van der Waals surface area contributed by atoms with Crippen LogP contribution in [0.5, 0.6) is 11.5 Å². The summed E-state index contributed by atoms with van der Waals surface area (Å²) in [7, 11) is 0. The second kappa shape index (κ2) is 7.01. The van der Waals surface area contributed by atoms with Gasteiger partial charge in [0.2, 0.25) is 0 Å². The maximum atomic E-state index is 14.5. The number of carbonyl (C=O) groups is 1. The minimum absolute atomic E-state index is 0.165. The summed E-state index contributed by atoms with van der Waals surface area (Å²) in [4.78, 5) is 11.2. The fraction of sp³-hybridized carbons (Fsp3) is 0. The average Bonchev–Trinajstić information content (AvgIpc) is 2.63. The highest BCUT2D eigenvalue weighted by Crippen LogP contribution is 2.29. The Bertz CT molecular complexity index is 913. The number of benzene rings is 3. The maximum absolute atomic E-state index is 14.5. The Kier molecular flexibility index (Phi) is 4.61. The van der Waals surface area contributed by atoms with E-state index in [1.54, 1.807) is 54.6 Å². The lowest BCUT2D eigenvalue weighted by Gasteiger charge is -2.08. The van der Waals surface area contributed by atoms with Crippen LogP contribution in [0.15, 0.2) is 79.4 Å². The van der Waals surface area contributed by atoms with Gasteiger partial charge in [0.05, 0.1) is 0 Å². The molecule has 0 aromatic heterocycles. The zero-order chi connectivity index (χ0) is 17.8. The van der Waals surface area contributed by atoms with Crippen molar-refractivity contribution in [2.45, 2.75) is 0 Å². The summed E-state index contributed by atoms with van der Waals surface area (Å²) in [6.07, 6.45) is 1.08. The summed E-state index contributed by atoms with van der Waals surface area (Å²) in [6, 6.07) is 18.1. The topological polar surface area (TPSA) is 46.5 Å². The molecule has 0 amide bonds. The normalized spacial score (nSPS) is 10.3. The van der Waals surface area contributed by atoms with Crippen molar-refractivity contribution in [3.63, 3.8) is 0 Å². The van der Waals surface area contributed by atoms with E-state index in [0.29, 0.717) is 16.9 Å². The van der Waals surface area contributed by atoms with Gasteiger partial charge in [-0.25, -0.2) is 9.18 Å². The fourth-order valence-corrected chi connectivity index (χ4v) is 2.44. The quantitative estimate of drug-likeness (QED) is 0.417. The highest BCUT2D eigenvalue weighted by molar-refractivity contribution is 5.83. The van der Waals surface area contributed by atoms with Gasteiger partial charge in [0.15, 0.2) is 0 Å². The van der Waals surface area contributed by atoms with E-state index in [1.807, 2.05) is 6.07 Å². The van der Waals surface area contributed by atoms with Crippen LogP contribution in [0.4, 0.5) is 4.39 Å². The Morgan fingerprint density at radius 3 is 2.12 bits per heavy atom. The number of phenols is 1. The molecule has 25 heavy (non-hydrogen) atoms. The van der Waals surface area contributed by atoms with Gasteiger partial charge in [-0.2, -0.15) is 0 Å². The van der Waals surface area contributed by atoms with Crippen molar-refractivity contribution in [2.24, 2.45) is 0 Å². The van der Waals surface area contributed by atoms with Gasteiger partial charge in [-0.05, 0) is 47.0 Å². The molecule has 4 heteroatoms. The fourth-order valence-electron chi connectivity index (χ4n) is 2.44. The summed E-state index contributed by atoms with van der Waals surface area (Å²) < 4.78 is 19.5. The van der Waals surface area contributed by atoms with E-state index >= 15 is 0 Å². The first kappa shape index (κ1) is 16.5. The van der Waals surface area contributed by atoms with Crippen molar-refractivity contribution in [1.29, 1.82) is 0 Å². The first-order valence-corrected chi connectivity index (χ1v) is 7.60. The van der Waals surface area contributed by atoms with Gasteiger partial charge in [0.1, 0.15) is 17.3 Å². The van der Waals surface area contributed by atoms with Gasteiger partial charge in [-0.1, -0.05) is 43.0 Å². The SMILES string of the molecule is C=CC(=O)Oc1ccc(-c2ccc(-c3ccc(O)cc3)cc2F)cc1. The molecule has 124 valence electrons. The second-order valence-corrected chi connectivity index (χ2v) is 5.39. The molecule has 3 aromatic carbocycles. The smallest absolute Gasteiger partial charge is 0.335 e. The first-order chi connectivity index (χ1) is 12.1. The average molecular weight is 334 g/mol. The molecule has 0 saturated heterocycles. The maximum Gasteiger partial charge on any atom is 0.335 e. The van der Waals surface area contributed by atoms with Gasteiger partial charge >= 0.3 is 5.97 Å². The van der Waals surface area contributed by atoms with Crippen molar-refractivity contribution in [3.8, 4) is 33.8 Å². The molecule has 0 heterocycles. The molecule has 0 saturated carbocycles. The summed E-state index contributed by atoms with van der Waals surface area (Å²) in [5.74, 6) is -0.369. The minimum atomic E-state index is -0.544. The second-order valence-electron chi connectivity index (χ2n) is 5.39. The predicted molar refractivity (Wildman–Crippen MR) is 94.8 cm³/mol. The molecule has 0 fully saturated rings. The monoisotopic (exact) mass is 334 g/mol. The van der Waals surface area contributed by atoms with Crippen LogP contribution in [-0.4, -0.2) is 11.1 Å². The van der Waals surface area contributed by atoms with E-state index in [9.17, 15) is 14.3 Å². The first-order valence-electron chi connectivity index (χ1n) is 7.60. The molecule has 3 nitrogen and oxygen atoms in total. The highest BCUT2D eigenvalue weighted by atomic mass is 19.1. The molecule has 0 atom stereocenters. The molecular weight excluding hydrogens is 319 g/mol. The van der Waals surface area contributed by atoms with Gasteiger partial charge in [-0.3, -0.25) is 0 Å². The molecule has 0 aliphatic rings. The van der Waals surface area contributed by atoms with E-state index in [1.165, 1.54) is 6.07 Å². The largest absolute Gasteiger partial charge is 0.508 e. The Morgan fingerprint density at radius 2 is 1.52 bits per heavy atom. The van der Waals surface area contributed by atoms with Gasteiger partial charge < -0.3 is 9.84 Å². The standard InChI is InChI=1S/C21H15FO3/c1-2-21(24)25-18-10-5-15(6-11-18)19-12-7-16(13-20(19)22)14-3-8-17(23)9-4-14/h2-13,23H,1H2. The Labute approximate surface area is 144 Å². The van der Waals surface area contributed by atoms with Gasteiger partial charge in [0, 0.05) is 11.6 Å². The lowest BCUT2D eigenvalue weighted by atomic mass is 9.99. The summed E-state index contributed by atoms with van der Waals surface area (Å²) in [5, 5.41) is 9.33. The number of carbonyl (C=O) groups excluding carboxylic acids is 1. The molecule has 0 aliphatic carbocycles. The van der Waals surface area contributed by atoms with E-state index in [-0.39, 0.29) is 11.6 Å². The van der Waals surface area contributed by atoms with E-state index < -0.39 is 5.97 Å². The highest BCUT2D eigenvalue weighted by Gasteiger charge is 2.08. The molecule has 3 aromatic rings. The molecular formula is C21H15FO3. The van der Waals surface area contributed by atoms with Crippen LogP contribution < -0.4 is 4.74 Å². The van der Waals surface area contributed by atoms with E-state index in [4.69, 9.17) is 4.74 Å². The van der Waals surface area contributed by atoms with E-state index in [0.717, 1.165) is 17.2 Å². The van der Waals surface area contributed by atoms with Crippen LogP contribution in [0.2, 0.25) is 0 Å². The number of aromatic hydroxyl groups is 1. The number of halogens is 1. The van der Waals surface area contributed by atoms with Crippen LogP contribution in [0.1, 0.15) is 0 Å². The summed E-state index contributed by atoms with van der Waals surface area (Å²) >= 11 is 0. The Balaban J connectivity index is 1.86. The number of ether oxygens (including phenoxy) is 1. The lowest BCUT2D eigenvalue weighted by molar-refractivity contribution is -0.128. The van der Waals surface area contributed by atoms with Crippen molar-refractivity contribution in [3.05, 3.63) is 85.2 Å². The third-order valence-corrected chi connectivity index (χ3v) is 3.72. The van der Waals surface area contributed by atoms with Crippen LogP contribution in [-0.2, 0) is 4.79 Å². The zero-order valence-corrected chi connectivity index (χ0v) is 13.3.